The Hall–Kier alpha value is -2.12. The zero-order chi connectivity index (χ0) is 19.6. The van der Waals surface area contributed by atoms with Crippen LogP contribution in [0, 0.1) is 5.92 Å². The molecule has 0 aromatic heterocycles. The second-order valence-electron chi connectivity index (χ2n) is 7.20. The number of likely N-dealkylation sites (tertiary alicyclic amines) is 1. The molecule has 150 valence electrons. The fourth-order valence-corrected chi connectivity index (χ4v) is 3.20. The molecule has 1 aliphatic rings. The lowest BCUT2D eigenvalue weighted by Gasteiger charge is -2.35. The monoisotopic (exact) mass is 376 g/mol. The van der Waals surface area contributed by atoms with Gasteiger partial charge in [-0.2, -0.15) is 0 Å². The molecule has 7 nitrogen and oxygen atoms in total. The van der Waals surface area contributed by atoms with Crippen molar-refractivity contribution in [2.24, 2.45) is 5.92 Å². The number of anilines is 1. The van der Waals surface area contributed by atoms with E-state index in [9.17, 15) is 9.59 Å². The molecule has 1 unspecified atom stereocenters. The minimum atomic E-state index is -0.153. The zero-order valence-electron chi connectivity index (χ0n) is 16.7. The van der Waals surface area contributed by atoms with Gasteiger partial charge in [0.2, 0.25) is 5.91 Å². The summed E-state index contributed by atoms with van der Waals surface area (Å²) in [5.41, 5.74) is 0.767. The molecule has 1 fully saturated rings. The van der Waals surface area contributed by atoms with Gasteiger partial charge < -0.3 is 24.8 Å². The van der Waals surface area contributed by atoms with Gasteiger partial charge in [-0.05, 0) is 39.1 Å². The van der Waals surface area contributed by atoms with Crippen LogP contribution in [0.1, 0.15) is 12.8 Å². The average molecular weight is 377 g/mol. The van der Waals surface area contributed by atoms with E-state index in [1.807, 2.05) is 49.3 Å². The molecular weight excluding hydrogens is 344 g/mol. The van der Waals surface area contributed by atoms with Crippen LogP contribution in [0.15, 0.2) is 30.3 Å². The highest BCUT2D eigenvalue weighted by Gasteiger charge is 2.31. The number of rotatable bonds is 8. The Kier molecular flexibility index (Phi) is 8.54. The maximum atomic E-state index is 13.0. The lowest BCUT2D eigenvalue weighted by atomic mass is 9.96. The van der Waals surface area contributed by atoms with E-state index in [0.29, 0.717) is 32.8 Å². The van der Waals surface area contributed by atoms with Crippen molar-refractivity contribution in [3.63, 3.8) is 0 Å². The predicted octanol–water partition coefficient (Wildman–Crippen LogP) is 1.97. The van der Waals surface area contributed by atoms with E-state index < -0.39 is 0 Å². The number of methoxy groups -OCH3 is 1. The van der Waals surface area contributed by atoms with Crippen molar-refractivity contribution in [2.45, 2.75) is 12.8 Å². The Balaban J connectivity index is 1.95. The van der Waals surface area contributed by atoms with Crippen LogP contribution >= 0.6 is 0 Å². The highest BCUT2D eigenvalue weighted by molar-refractivity contribution is 5.90. The van der Waals surface area contributed by atoms with Gasteiger partial charge in [-0.15, -0.1) is 0 Å². The van der Waals surface area contributed by atoms with Gasteiger partial charge in [-0.3, -0.25) is 4.79 Å². The molecule has 0 spiro atoms. The third-order valence-corrected chi connectivity index (χ3v) is 4.78. The lowest BCUT2D eigenvalue weighted by Crippen LogP contribution is -2.49. The molecule has 0 bridgehead atoms. The molecule has 27 heavy (non-hydrogen) atoms. The largest absolute Gasteiger partial charge is 0.383 e. The summed E-state index contributed by atoms with van der Waals surface area (Å²) in [5.74, 6) is -0.0367. The maximum Gasteiger partial charge on any atom is 0.321 e. The van der Waals surface area contributed by atoms with Crippen LogP contribution in [0.3, 0.4) is 0 Å². The topological polar surface area (TPSA) is 65.1 Å². The number of hydrogen-bond acceptors (Lipinski definition) is 4. The molecule has 1 atom stereocenters. The number of para-hydroxylation sites is 1. The molecule has 0 radical (unpaired) electrons. The molecule has 1 saturated heterocycles. The molecular formula is C20H32N4O3. The second-order valence-corrected chi connectivity index (χ2v) is 7.20. The smallest absolute Gasteiger partial charge is 0.321 e. The van der Waals surface area contributed by atoms with Crippen molar-refractivity contribution in [1.29, 1.82) is 0 Å². The quantitative estimate of drug-likeness (QED) is 0.753. The number of carbonyl (C=O) groups is 2. The Bertz CT molecular complexity index is 594. The third kappa shape index (κ3) is 6.84. The Morgan fingerprint density at radius 2 is 1.93 bits per heavy atom. The minimum Gasteiger partial charge on any atom is -0.383 e. The number of carbonyl (C=O) groups excluding carboxylic acids is 2. The van der Waals surface area contributed by atoms with Crippen LogP contribution in [-0.4, -0.2) is 87.2 Å². The van der Waals surface area contributed by atoms with Crippen molar-refractivity contribution in [3.8, 4) is 0 Å². The molecule has 1 aromatic rings. The number of nitrogens with one attached hydrogen (secondary N) is 1. The molecule has 1 heterocycles. The Labute approximate surface area is 162 Å². The van der Waals surface area contributed by atoms with Gasteiger partial charge in [0.05, 0.1) is 12.5 Å². The summed E-state index contributed by atoms with van der Waals surface area (Å²) < 4.78 is 5.16. The van der Waals surface area contributed by atoms with E-state index in [2.05, 4.69) is 10.2 Å². The van der Waals surface area contributed by atoms with Crippen LogP contribution in [0.2, 0.25) is 0 Å². The fourth-order valence-electron chi connectivity index (χ4n) is 3.20. The SMILES string of the molecule is COCCN(CCN(C)C)C(=O)C1CCCN(C(=O)Nc2ccccc2)C1. The molecule has 7 heteroatoms. The van der Waals surface area contributed by atoms with Crippen LogP contribution in [0.4, 0.5) is 10.5 Å². The molecule has 1 aliphatic heterocycles. The van der Waals surface area contributed by atoms with Gasteiger partial charge >= 0.3 is 6.03 Å². The van der Waals surface area contributed by atoms with Gasteiger partial charge in [0, 0.05) is 45.5 Å². The summed E-state index contributed by atoms with van der Waals surface area (Å²) in [6.45, 7) is 3.71. The molecule has 1 aromatic carbocycles. The minimum absolute atomic E-state index is 0.117. The number of ether oxygens (including phenoxy) is 1. The first-order valence-corrected chi connectivity index (χ1v) is 9.54. The van der Waals surface area contributed by atoms with Crippen molar-refractivity contribution in [2.75, 3.05) is 65.9 Å². The number of piperidine rings is 1. The van der Waals surface area contributed by atoms with E-state index in [4.69, 9.17) is 4.74 Å². The first-order valence-electron chi connectivity index (χ1n) is 9.54. The van der Waals surface area contributed by atoms with Crippen molar-refractivity contribution >= 4 is 17.6 Å². The van der Waals surface area contributed by atoms with Crippen LogP contribution < -0.4 is 5.32 Å². The number of nitrogens with zero attached hydrogens (tertiary/aromatic N) is 3. The van der Waals surface area contributed by atoms with Crippen LogP contribution in [0.5, 0.6) is 0 Å². The lowest BCUT2D eigenvalue weighted by molar-refractivity contribution is -0.137. The van der Waals surface area contributed by atoms with Gasteiger partial charge in [-0.25, -0.2) is 4.79 Å². The first kappa shape index (κ1) is 21.2. The summed E-state index contributed by atoms with van der Waals surface area (Å²) in [6, 6.07) is 9.26. The first-order chi connectivity index (χ1) is 13.0. The van der Waals surface area contributed by atoms with Gasteiger partial charge in [-0.1, -0.05) is 18.2 Å². The highest BCUT2D eigenvalue weighted by atomic mass is 16.5. The molecule has 0 aliphatic carbocycles. The number of likely N-dealkylation sites (N-methyl/N-ethyl adjacent to an activating group) is 1. The molecule has 2 rings (SSSR count). The number of amides is 3. The molecule has 1 N–H and O–H groups in total. The van der Waals surface area contributed by atoms with E-state index >= 15 is 0 Å². The zero-order valence-corrected chi connectivity index (χ0v) is 16.7. The van der Waals surface area contributed by atoms with Crippen molar-refractivity contribution in [3.05, 3.63) is 30.3 Å². The van der Waals surface area contributed by atoms with E-state index in [1.165, 1.54) is 0 Å². The van der Waals surface area contributed by atoms with Gasteiger partial charge in [0.15, 0.2) is 0 Å². The van der Waals surface area contributed by atoms with E-state index in [-0.39, 0.29) is 17.9 Å². The normalized spacial score (nSPS) is 17.0. The number of urea groups is 1. The van der Waals surface area contributed by atoms with Crippen molar-refractivity contribution in [1.82, 2.24) is 14.7 Å². The third-order valence-electron chi connectivity index (χ3n) is 4.78. The summed E-state index contributed by atoms with van der Waals surface area (Å²) in [4.78, 5) is 31.3. The van der Waals surface area contributed by atoms with E-state index in [1.54, 1.807) is 12.0 Å². The fraction of sp³-hybridized carbons (Fsp3) is 0.600. The average Bonchev–Trinajstić information content (AvgIpc) is 2.68. The maximum absolute atomic E-state index is 13.0. The molecule has 0 saturated carbocycles. The summed E-state index contributed by atoms with van der Waals surface area (Å²) in [6.07, 6.45) is 1.66. The van der Waals surface area contributed by atoms with Crippen LogP contribution in [-0.2, 0) is 9.53 Å². The molecule has 3 amide bonds. The van der Waals surface area contributed by atoms with Crippen LogP contribution in [0.25, 0.3) is 0 Å². The van der Waals surface area contributed by atoms with Crippen molar-refractivity contribution < 1.29 is 14.3 Å². The van der Waals surface area contributed by atoms with Gasteiger partial charge in [0.1, 0.15) is 0 Å². The predicted molar refractivity (Wildman–Crippen MR) is 107 cm³/mol. The standard InChI is InChI=1S/C20H32N4O3/c1-22(2)12-13-23(14-15-27-3)19(25)17-8-7-11-24(16-17)20(26)21-18-9-5-4-6-10-18/h4-6,9-10,17H,7-8,11-16H2,1-3H3,(H,21,26). The highest BCUT2D eigenvalue weighted by Crippen LogP contribution is 2.20. The second kappa shape index (κ2) is 10.9. The number of benzene rings is 1. The summed E-state index contributed by atoms with van der Waals surface area (Å²) in [7, 11) is 5.63. The Morgan fingerprint density at radius 1 is 1.19 bits per heavy atom. The van der Waals surface area contributed by atoms with E-state index in [0.717, 1.165) is 25.1 Å². The Morgan fingerprint density at radius 3 is 2.59 bits per heavy atom. The van der Waals surface area contributed by atoms with Gasteiger partial charge in [0.25, 0.3) is 0 Å². The number of hydrogen-bond donors (Lipinski definition) is 1. The summed E-state index contributed by atoms with van der Waals surface area (Å²) >= 11 is 0. The summed E-state index contributed by atoms with van der Waals surface area (Å²) in [5, 5.41) is 2.91.